The van der Waals surface area contributed by atoms with E-state index in [-0.39, 0.29) is 11.5 Å². The van der Waals surface area contributed by atoms with E-state index in [1.54, 1.807) is 42.6 Å². The van der Waals surface area contributed by atoms with Crippen molar-refractivity contribution in [2.45, 2.75) is 13.8 Å². The molecule has 0 unspecified atom stereocenters. The molecule has 35 heavy (non-hydrogen) atoms. The molecule has 3 heterocycles. The smallest absolute Gasteiger partial charge is 0.280 e. The van der Waals surface area contributed by atoms with Gasteiger partial charge in [0.25, 0.3) is 11.5 Å². The molecular weight excluding hydrogens is 444 g/mol. The number of aromatic nitrogens is 3. The number of nitrogens with zero attached hydrogens (tertiary/aromatic N) is 2. The number of fused-ring (bicyclic) bond motifs is 4. The maximum atomic E-state index is 13.1. The second kappa shape index (κ2) is 8.02. The minimum Gasteiger partial charge on any atom is -0.486 e. The fraction of sp³-hybridized carbons (Fsp3) is 0.148. The number of amides is 1. The van der Waals surface area contributed by atoms with Crippen LogP contribution in [0.25, 0.3) is 27.5 Å². The van der Waals surface area contributed by atoms with Gasteiger partial charge in [-0.05, 0) is 67.4 Å². The molecule has 1 amide bonds. The second-order valence-electron chi connectivity index (χ2n) is 8.61. The summed E-state index contributed by atoms with van der Waals surface area (Å²) < 4.78 is 12.7. The number of H-pyrrole nitrogens is 1. The first-order valence-electron chi connectivity index (χ1n) is 11.3. The lowest BCUT2D eigenvalue weighted by molar-refractivity contribution is 0.102. The molecule has 2 N–H and O–H groups in total. The van der Waals surface area contributed by atoms with Gasteiger partial charge in [0.05, 0.1) is 22.1 Å². The molecule has 0 bridgehead atoms. The van der Waals surface area contributed by atoms with Crippen LogP contribution in [0.1, 0.15) is 21.5 Å². The quantitative estimate of drug-likeness (QED) is 0.408. The Bertz CT molecular complexity index is 1700. The first-order valence-corrected chi connectivity index (χ1v) is 11.3. The minimum atomic E-state index is -0.281. The first kappa shape index (κ1) is 21.0. The van der Waals surface area contributed by atoms with Crippen molar-refractivity contribution in [3.8, 4) is 17.2 Å². The summed E-state index contributed by atoms with van der Waals surface area (Å²) in [5, 5.41) is 7.27. The summed E-state index contributed by atoms with van der Waals surface area (Å²) in [6.07, 6.45) is 1.57. The highest BCUT2D eigenvalue weighted by molar-refractivity contribution is 6.10. The summed E-state index contributed by atoms with van der Waals surface area (Å²) >= 11 is 0. The molecule has 1 aliphatic heterocycles. The highest BCUT2D eigenvalue weighted by atomic mass is 16.6. The van der Waals surface area contributed by atoms with Crippen molar-refractivity contribution in [2.75, 3.05) is 18.5 Å². The van der Waals surface area contributed by atoms with Gasteiger partial charge in [0.2, 0.25) is 0 Å². The number of anilines is 1. The van der Waals surface area contributed by atoms with Crippen molar-refractivity contribution in [3.05, 3.63) is 87.8 Å². The largest absolute Gasteiger partial charge is 0.486 e. The van der Waals surface area contributed by atoms with E-state index in [2.05, 4.69) is 15.4 Å². The van der Waals surface area contributed by atoms with Gasteiger partial charge in [-0.1, -0.05) is 6.07 Å². The summed E-state index contributed by atoms with van der Waals surface area (Å²) in [5.74, 6) is 0.978. The van der Waals surface area contributed by atoms with E-state index in [0.29, 0.717) is 57.8 Å². The van der Waals surface area contributed by atoms with Gasteiger partial charge in [-0.2, -0.15) is 0 Å². The van der Waals surface area contributed by atoms with E-state index in [9.17, 15) is 9.59 Å². The van der Waals surface area contributed by atoms with Crippen molar-refractivity contribution in [3.63, 3.8) is 0 Å². The van der Waals surface area contributed by atoms with Gasteiger partial charge in [0.1, 0.15) is 13.2 Å². The third-order valence-electron chi connectivity index (χ3n) is 6.34. The van der Waals surface area contributed by atoms with Gasteiger partial charge in [-0.3, -0.25) is 19.7 Å². The van der Waals surface area contributed by atoms with Gasteiger partial charge in [-0.25, -0.2) is 4.68 Å². The number of carbonyl (C=O) groups excluding carboxylic acids is 1. The molecule has 0 atom stereocenters. The Morgan fingerprint density at radius 3 is 2.60 bits per heavy atom. The van der Waals surface area contributed by atoms with Crippen molar-refractivity contribution < 1.29 is 14.3 Å². The van der Waals surface area contributed by atoms with Crippen LogP contribution in [0.2, 0.25) is 0 Å². The zero-order chi connectivity index (χ0) is 24.1. The van der Waals surface area contributed by atoms with Gasteiger partial charge in [-0.15, -0.1) is 0 Å². The molecule has 8 heteroatoms. The van der Waals surface area contributed by atoms with E-state index in [4.69, 9.17) is 9.47 Å². The third-order valence-corrected chi connectivity index (χ3v) is 6.34. The predicted octanol–water partition coefficient (Wildman–Crippen LogP) is 4.51. The Balaban J connectivity index is 1.39. The van der Waals surface area contributed by atoms with Crippen molar-refractivity contribution in [2.24, 2.45) is 0 Å². The van der Waals surface area contributed by atoms with Crippen LogP contribution in [0, 0.1) is 13.8 Å². The van der Waals surface area contributed by atoms with Crippen molar-refractivity contribution >= 4 is 33.4 Å². The molecule has 0 saturated carbocycles. The van der Waals surface area contributed by atoms with Crippen LogP contribution in [0.5, 0.6) is 11.5 Å². The molecule has 0 spiro atoms. The lowest BCUT2D eigenvalue weighted by Gasteiger charge is -2.19. The molecule has 0 aliphatic carbocycles. The highest BCUT2D eigenvalue weighted by Crippen LogP contribution is 2.33. The number of carbonyl (C=O) groups is 1. The van der Waals surface area contributed by atoms with Crippen molar-refractivity contribution in [1.29, 1.82) is 0 Å². The van der Waals surface area contributed by atoms with Crippen LogP contribution >= 0.6 is 0 Å². The third kappa shape index (κ3) is 3.59. The zero-order valence-electron chi connectivity index (χ0n) is 19.2. The Morgan fingerprint density at radius 1 is 0.943 bits per heavy atom. The molecule has 174 valence electrons. The Hall–Kier alpha value is -4.59. The maximum absolute atomic E-state index is 13.1. The Morgan fingerprint density at radius 2 is 1.77 bits per heavy atom. The Labute approximate surface area is 200 Å². The molecule has 0 saturated heterocycles. The number of rotatable bonds is 3. The molecule has 6 rings (SSSR count). The first-order chi connectivity index (χ1) is 17.0. The number of hydrogen-bond donors (Lipinski definition) is 2. The van der Waals surface area contributed by atoms with Crippen LogP contribution in [0.4, 0.5) is 5.69 Å². The maximum Gasteiger partial charge on any atom is 0.280 e. The monoisotopic (exact) mass is 466 g/mol. The van der Waals surface area contributed by atoms with E-state index in [0.717, 1.165) is 16.8 Å². The van der Waals surface area contributed by atoms with Crippen LogP contribution in [-0.4, -0.2) is 33.9 Å². The zero-order valence-corrected chi connectivity index (χ0v) is 19.2. The van der Waals surface area contributed by atoms with Crippen LogP contribution in [0.3, 0.4) is 0 Å². The van der Waals surface area contributed by atoms with E-state index < -0.39 is 0 Å². The van der Waals surface area contributed by atoms with E-state index in [1.165, 1.54) is 4.68 Å². The van der Waals surface area contributed by atoms with Crippen LogP contribution in [-0.2, 0) is 0 Å². The number of benzene rings is 3. The second-order valence-corrected chi connectivity index (χ2v) is 8.61. The molecule has 2 aromatic heterocycles. The number of hydrogen-bond acceptors (Lipinski definition) is 5. The molecule has 0 fully saturated rings. The van der Waals surface area contributed by atoms with Crippen LogP contribution in [0.15, 0.2) is 65.6 Å². The minimum absolute atomic E-state index is 0.191. The predicted molar refractivity (Wildman–Crippen MR) is 134 cm³/mol. The number of pyridine rings is 1. The lowest BCUT2D eigenvalue weighted by atomic mass is 10.1. The molecule has 0 radical (unpaired) electrons. The van der Waals surface area contributed by atoms with Gasteiger partial charge in [0.15, 0.2) is 11.5 Å². The van der Waals surface area contributed by atoms with E-state index in [1.807, 2.05) is 32.0 Å². The van der Waals surface area contributed by atoms with Gasteiger partial charge >= 0.3 is 0 Å². The molecular formula is C27H22N4O4. The normalized spacial score (nSPS) is 12.7. The fourth-order valence-electron chi connectivity index (χ4n) is 4.27. The summed E-state index contributed by atoms with van der Waals surface area (Å²) in [7, 11) is 0. The summed E-state index contributed by atoms with van der Waals surface area (Å²) in [6, 6.07) is 16.4. The average molecular weight is 466 g/mol. The van der Waals surface area contributed by atoms with Gasteiger partial charge < -0.3 is 14.8 Å². The van der Waals surface area contributed by atoms with Crippen LogP contribution < -0.4 is 20.3 Å². The topological polar surface area (TPSA) is 98.2 Å². The number of aryl methyl sites for hydroxylation is 2. The van der Waals surface area contributed by atoms with Crippen molar-refractivity contribution in [1.82, 2.24) is 14.8 Å². The average Bonchev–Trinajstić information content (AvgIpc) is 3.22. The molecule has 1 aliphatic rings. The van der Waals surface area contributed by atoms with E-state index >= 15 is 0 Å². The fourth-order valence-corrected chi connectivity index (χ4v) is 4.27. The summed E-state index contributed by atoms with van der Waals surface area (Å²) in [4.78, 5) is 30.6. The SMILES string of the molecule is Cc1ccc(-n2[nH]c3c(cnc4ccc(C(=O)Nc5ccc6c(c5)OCCO6)cc43)c2=O)cc1C. The molecule has 3 aromatic carbocycles. The highest BCUT2D eigenvalue weighted by Gasteiger charge is 2.16. The Kier molecular flexibility index (Phi) is 4.81. The summed E-state index contributed by atoms with van der Waals surface area (Å²) in [6.45, 7) is 5.02. The molecule has 8 nitrogen and oxygen atoms in total. The number of aromatic amines is 1. The number of ether oxygens (including phenoxy) is 2. The lowest BCUT2D eigenvalue weighted by Crippen LogP contribution is -2.16. The van der Waals surface area contributed by atoms with Gasteiger partial charge in [0, 0.05) is 28.9 Å². The molecule has 5 aromatic rings. The standard InChI is InChI=1S/C27H22N4O4/c1-15-3-6-19(11-16(15)2)31-27(33)21-14-28-22-7-4-17(12-20(22)25(21)30-31)26(32)29-18-5-8-23-24(13-18)35-10-9-34-23/h3-8,11-14,30H,9-10H2,1-2H3,(H,29,32). The summed E-state index contributed by atoms with van der Waals surface area (Å²) in [5.41, 5.74) is 5.16. The number of nitrogens with one attached hydrogen (secondary N) is 2.